The van der Waals surface area contributed by atoms with Gasteiger partial charge in [-0.2, -0.15) is 0 Å². The highest BCUT2D eigenvalue weighted by atomic mass is 16.6. The minimum Gasteiger partial charge on any atom is -0.497 e. The summed E-state index contributed by atoms with van der Waals surface area (Å²) in [7, 11) is 3.12. The molecule has 2 aromatic rings. The number of rotatable bonds is 5. The second-order valence-electron chi connectivity index (χ2n) is 4.18. The molecule has 0 saturated heterocycles. The van der Waals surface area contributed by atoms with Gasteiger partial charge in [-0.25, -0.2) is 0 Å². The molecule has 0 N–H and O–H groups in total. The van der Waals surface area contributed by atoms with Gasteiger partial charge in [-0.15, -0.1) is 0 Å². The van der Waals surface area contributed by atoms with Gasteiger partial charge in [0.15, 0.2) is 0 Å². The normalized spacial score (nSPS) is 10.6. The second kappa shape index (κ2) is 6.51. The van der Waals surface area contributed by atoms with Crippen LogP contribution in [0.2, 0.25) is 0 Å². The van der Waals surface area contributed by atoms with Crippen LogP contribution in [0.15, 0.2) is 47.5 Å². The smallest absolute Gasteiger partial charge is 0.270 e. The highest BCUT2D eigenvalue weighted by molar-refractivity contribution is 5.83. The highest BCUT2D eigenvalue weighted by Gasteiger charge is 2.04. The van der Waals surface area contributed by atoms with Crippen LogP contribution < -0.4 is 9.47 Å². The Morgan fingerprint density at radius 1 is 1.10 bits per heavy atom. The molecular weight excluding hydrogens is 272 g/mol. The van der Waals surface area contributed by atoms with Crippen LogP contribution in [0.25, 0.3) is 0 Å². The summed E-state index contributed by atoms with van der Waals surface area (Å²) in [5.74, 6) is 1.25. The number of nitro benzene ring substituents is 1. The van der Waals surface area contributed by atoms with Gasteiger partial charge in [0, 0.05) is 36.5 Å². The van der Waals surface area contributed by atoms with Gasteiger partial charge in [0.1, 0.15) is 11.5 Å². The van der Waals surface area contributed by atoms with E-state index in [9.17, 15) is 10.1 Å². The van der Waals surface area contributed by atoms with Crippen molar-refractivity contribution in [3.8, 4) is 11.5 Å². The van der Waals surface area contributed by atoms with Crippen LogP contribution in [0.5, 0.6) is 11.5 Å². The van der Waals surface area contributed by atoms with E-state index in [4.69, 9.17) is 9.47 Å². The Morgan fingerprint density at radius 3 is 2.33 bits per heavy atom. The molecule has 0 heterocycles. The lowest BCUT2D eigenvalue weighted by atomic mass is 10.2. The van der Waals surface area contributed by atoms with Crippen molar-refractivity contribution in [3.63, 3.8) is 0 Å². The molecule has 0 saturated carbocycles. The third-order valence-corrected chi connectivity index (χ3v) is 2.78. The van der Waals surface area contributed by atoms with E-state index in [0.29, 0.717) is 22.7 Å². The number of nitro groups is 1. The van der Waals surface area contributed by atoms with Crippen molar-refractivity contribution in [2.75, 3.05) is 14.2 Å². The van der Waals surface area contributed by atoms with Crippen molar-refractivity contribution in [1.29, 1.82) is 0 Å². The van der Waals surface area contributed by atoms with Crippen molar-refractivity contribution >= 4 is 17.6 Å². The lowest BCUT2D eigenvalue weighted by Gasteiger charge is -2.05. The van der Waals surface area contributed by atoms with Crippen LogP contribution in [0, 0.1) is 10.1 Å². The molecule has 6 nitrogen and oxygen atoms in total. The summed E-state index contributed by atoms with van der Waals surface area (Å²) in [4.78, 5) is 14.6. The van der Waals surface area contributed by atoms with Crippen LogP contribution in [0.3, 0.4) is 0 Å². The number of methoxy groups -OCH3 is 2. The van der Waals surface area contributed by atoms with Crippen molar-refractivity contribution < 1.29 is 14.4 Å². The first-order valence-corrected chi connectivity index (χ1v) is 6.14. The Balaban J connectivity index is 2.28. The zero-order chi connectivity index (χ0) is 15.2. The van der Waals surface area contributed by atoms with Gasteiger partial charge in [0.2, 0.25) is 0 Å². The summed E-state index contributed by atoms with van der Waals surface area (Å²) in [6.45, 7) is 0. The molecule has 2 rings (SSSR count). The van der Waals surface area contributed by atoms with Gasteiger partial charge in [-0.05, 0) is 5.56 Å². The van der Waals surface area contributed by atoms with Crippen molar-refractivity contribution in [2.45, 2.75) is 0 Å². The largest absolute Gasteiger partial charge is 0.497 e. The second-order valence-corrected chi connectivity index (χ2v) is 4.18. The molecule has 0 radical (unpaired) electrons. The van der Waals surface area contributed by atoms with E-state index in [1.54, 1.807) is 50.8 Å². The Kier molecular flexibility index (Phi) is 4.50. The van der Waals surface area contributed by atoms with E-state index < -0.39 is 4.92 Å². The van der Waals surface area contributed by atoms with Gasteiger partial charge in [-0.1, -0.05) is 12.1 Å². The summed E-state index contributed by atoms with van der Waals surface area (Å²) in [6, 6.07) is 11.5. The Labute approximate surface area is 121 Å². The van der Waals surface area contributed by atoms with Crippen molar-refractivity contribution in [1.82, 2.24) is 0 Å². The number of hydrogen-bond donors (Lipinski definition) is 0. The number of aliphatic imine (C=N–C) groups is 1. The molecule has 0 unspecified atom stereocenters. The molecule has 0 bridgehead atoms. The number of ether oxygens (including phenoxy) is 2. The Morgan fingerprint density at radius 2 is 1.76 bits per heavy atom. The maximum atomic E-state index is 10.7. The first kappa shape index (κ1) is 14.5. The fourth-order valence-electron chi connectivity index (χ4n) is 1.73. The molecule has 0 aliphatic carbocycles. The minimum atomic E-state index is -0.439. The minimum absolute atomic E-state index is 0.0298. The molecule has 0 fully saturated rings. The maximum Gasteiger partial charge on any atom is 0.270 e. The zero-order valence-corrected chi connectivity index (χ0v) is 11.6. The van der Waals surface area contributed by atoms with E-state index in [-0.39, 0.29) is 5.69 Å². The first-order valence-electron chi connectivity index (χ1n) is 6.14. The summed E-state index contributed by atoms with van der Waals surface area (Å²) < 4.78 is 10.3. The van der Waals surface area contributed by atoms with Crippen LogP contribution in [-0.2, 0) is 0 Å². The number of benzene rings is 2. The average Bonchev–Trinajstić information content (AvgIpc) is 2.52. The molecule has 0 aliphatic rings. The molecule has 6 heteroatoms. The van der Waals surface area contributed by atoms with Gasteiger partial charge in [-0.3, -0.25) is 15.1 Å². The fraction of sp³-hybridized carbons (Fsp3) is 0.133. The standard InChI is InChI=1S/C15H14N2O4/c1-20-14-7-12(8-15(9-14)21-2)16-10-11-4-3-5-13(6-11)17(18)19/h3-10H,1-2H3. The van der Waals surface area contributed by atoms with E-state index >= 15 is 0 Å². The van der Waals surface area contributed by atoms with Gasteiger partial charge in [0.05, 0.1) is 24.8 Å². The third-order valence-electron chi connectivity index (χ3n) is 2.78. The van der Waals surface area contributed by atoms with Crippen LogP contribution in [-0.4, -0.2) is 25.4 Å². The SMILES string of the molecule is COc1cc(N=Cc2cccc([N+](=O)[O-])c2)cc(OC)c1. The summed E-state index contributed by atoms with van der Waals surface area (Å²) in [5, 5.41) is 10.7. The van der Waals surface area contributed by atoms with E-state index in [0.717, 1.165) is 0 Å². The third kappa shape index (κ3) is 3.79. The first-order chi connectivity index (χ1) is 10.1. The van der Waals surface area contributed by atoms with Crippen LogP contribution in [0.1, 0.15) is 5.56 Å². The number of nitrogens with zero attached hydrogens (tertiary/aromatic N) is 2. The summed E-state index contributed by atoms with van der Waals surface area (Å²) in [5.41, 5.74) is 1.31. The van der Waals surface area contributed by atoms with E-state index in [1.807, 2.05) is 0 Å². The molecule has 108 valence electrons. The predicted octanol–water partition coefficient (Wildman–Crippen LogP) is 3.36. The monoisotopic (exact) mass is 286 g/mol. The summed E-state index contributed by atoms with van der Waals surface area (Å²) in [6.07, 6.45) is 1.56. The zero-order valence-electron chi connectivity index (χ0n) is 11.6. The quantitative estimate of drug-likeness (QED) is 0.480. The fourth-order valence-corrected chi connectivity index (χ4v) is 1.73. The highest BCUT2D eigenvalue weighted by Crippen LogP contribution is 2.27. The lowest BCUT2D eigenvalue weighted by molar-refractivity contribution is -0.384. The molecule has 0 amide bonds. The van der Waals surface area contributed by atoms with E-state index in [1.165, 1.54) is 12.1 Å². The van der Waals surface area contributed by atoms with Gasteiger partial charge >= 0.3 is 0 Å². The molecule has 0 atom stereocenters. The average molecular weight is 286 g/mol. The Bertz CT molecular complexity index is 661. The maximum absolute atomic E-state index is 10.7. The number of hydrogen-bond acceptors (Lipinski definition) is 5. The van der Waals surface area contributed by atoms with Gasteiger partial charge < -0.3 is 9.47 Å². The molecule has 21 heavy (non-hydrogen) atoms. The van der Waals surface area contributed by atoms with Crippen molar-refractivity contribution in [3.05, 3.63) is 58.1 Å². The molecular formula is C15H14N2O4. The predicted molar refractivity (Wildman–Crippen MR) is 79.9 cm³/mol. The summed E-state index contributed by atoms with van der Waals surface area (Å²) >= 11 is 0. The van der Waals surface area contributed by atoms with Gasteiger partial charge in [0.25, 0.3) is 5.69 Å². The number of non-ortho nitro benzene ring substituents is 1. The topological polar surface area (TPSA) is 74.0 Å². The lowest BCUT2D eigenvalue weighted by Crippen LogP contribution is -1.89. The molecule has 0 aliphatic heterocycles. The van der Waals surface area contributed by atoms with Crippen LogP contribution in [0.4, 0.5) is 11.4 Å². The molecule has 2 aromatic carbocycles. The Hall–Kier alpha value is -2.89. The van der Waals surface area contributed by atoms with Crippen molar-refractivity contribution in [2.24, 2.45) is 4.99 Å². The molecule has 0 spiro atoms. The van der Waals surface area contributed by atoms with Crippen LogP contribution >= 0.6 is 0 Å². The molecule has 0 aromatic heterocycles. The van der Waals surface area contributed by atoms with E-state index in [2.05, 4.69) is 4.99 Å².